The molecule has 3 N–H and O–H groups in total. The number of aliphatic hydroxyl groups excluding tert-OH is 1. The van der Waals surface area contributed by atoms with Crippen molar-refractivity contribution >= 4 is 6.03 Å². The molecule has 0 heterocycles. The first-order chi connectivity index (χ1) is 9.91. The number of amides is 2. The van der Waals surface area contributed by atoms with E-state index in [4.69, 9.17) is 5.11 Å². The van der Waals surface area contributed by atoms with E-state index in [1.165, 1.54) is 11.1 Å². The Labute approximate surface area is 126 Å². The minimum atomic E-state index is -0.146. The number of nitrogens with one attached hydrogen (secondary N) is 2. The molecule has 0 bridgehead atoms. The van der Waals surface area contributed by atoms with Gasteiger partial charge in [-0.2, -0.15) is 0 Å². The highest BCUT2D eigenvalue weighted by Crippen LogP contribution is 2.33. The first-order valence-corrected chi connectivity index (χ1v) is 7.65. The summed E-state index contributed by atoms with van der Waals surface area (Å²) < 4.78 is 0. The van der Waals surface area contributed by atoms with E-state index in [9.17, 15) is 4.79 Å². The van der Waals surface area contributed by atoms with Crippen LogP contribution in [0.3, 0.4) is 0 Å². The van der Waals surface area contributed by atoms with Crippen LogP contribution in [0.4, 0.5) is 4.79 Å². The van der Waals surface area contributed by atoms with E-state index in [2.05, 4.69) is 49.6 Å². The van der Waals surface area contributed by atoms with Crippen molar-refractivity contribution in [3.8, 4) is 0 Å². The second-order valence-electron chi connectivity index (χ2n) is 6.89. The topological polar surface area (TPSA) is 61.4 Å². The number of hydrogen-bond acceptors (Lipinski definition) is 2. The maximum Gasteiger partial charge on any atom is 0.315 e. The molecule has 0 aliphatic heterocycles. The number of carbonyl (C=O) groups excluding carboxylic acids is 1. The number of fused-ring (bicyclic) bond motifs is 1. The summed E-state index contributed by atoms with van der Waals surface area (Å²) in [4.78, 5) is 12.0. The Morgan fingerprint density at radius 3 is 2.71 bits per heavy atom. The van der Waals surface area contributed by atoms with Crippen LogP contribution in [0.2, 0.25) is 0 Å². The average molecular weight is 290 g/mol. The predicted molar refractivity (Wildman–Crippen MR) is 84.4 cm³/mol. The molecular weight excluding hydrogens is 264 g/mol. The van der Waals surface area contributed by atoms with E-state index >= 15 is 0 Å². The fraction of sp³-hybridized carbons (Fsp3) is 0.588. The molecule has 4 nitrogen and oxygen atoms in total. The molecule has 0 unspecified atom stereocenters. The van der Waals surface area contributed by atoms with Crippen molar-refractivity contribution in [3.63, 3.8) is 0 Å². The van der Waals surface area contributed by atoms with E-state index in [1.807, 2.05) is 6.07 Å². The minimum absolute atomic E-state index is 0.0313. The van der Waals surface area contributed by atoms with E-state index in [-0.39, 0.29) is 24.1 Å². The number of carbonyl (C=O) groups is 1. The summed E-state index contributed by atoms with van der Waals surface area (Å²) in [6.45, 7) is 6.94. The lowest BCUT2D eigenvalue weighted by molar-refractivity contribution is 0.189. The van der Waals surface area contributed by atoms with Gasteiger partial charge in [0.2, 0.25) is 0 Å². The average Bonchev–Trinajstić information content (AvgIpc) is 2.38. The summed E-state index contributed by atoms with van der Waals surface area (Å²) in [7, 11) is 0. The quantitative estimate of drug-likeness (QED) is 0.780. The lowest BCUT2D eigenvalue weighted by Crippen LogP contribution is -2.49. The molecule has 0 saturated heterocycles. The van der Waals surface area contributed by atoms with Crippen LogP contribution in [0.15, 0.2) is 24.3 Å². The molecule has 1 aromatic carbocycles. The van der Waals surface area contributed by atoms with Crippen molar-refractivity contribution in [2.45, 2.75) is 45.6 Å². The van der Waals surface area contributed by atoms with Crippen molar-refractivity contribution in [2.75, 3.05) is 13.2 Å². The first kappa shape index (κ1) is 15.8. The van der Waals surface area contributed by atoms with Gasteiger partial charge in [-0.15, -0.1) is 0 Å². The maximum absolute atomic E-state index is 12.0. The lowest BCUT2D eigenvalue weighted by Gasteiger charge is -2.33. The monoisotopic (exact) mass is 290 g/mol. The van der Waals surface area contributed by atoms with Crippen molar-refractivity contribution < 1.29 is 9.90 Å². The number of benzene rings is 1. The second kappa shape index (κ2) is 6.48. The van der Waals surface area contributed by atoms with E-state index in [1.54, 1.807) is 0 Å². The van der Waals surface area contributed by atoms with E-state index in [0.29, 0.717) is 18.9 Å². The zero-order chi connectivity index (χ0) is 15.5. The van der Waals surface area contributed by atoms with Crippen LogP contribution in [0.1, 0.15) is 44.2 Å². The fourth-order valence-electron chi connectivity index (χ4n) is 2.82. The number of aliphatic hydroxyl groups is 1. The second-order valence-corrected chi connectivity index (χ2v) is 6.89. The third-order valence-electron chi connectivity index (χ3n) is 4.24. The standard InChI is InChI=1S/C17H26N2O2/c1-17(2,3)15(8-9-20)19-16(21)18-11-13-10-12-6-4-5-7-14(12)13/h4-7,13,15,20H,8-11H2,1-3H3,(H2,18,19,21)/t13-,15-/m0/s1. The Morgan fingerprint density at radius 2 is 2.10 bits per heavy atom. The molecule has 1 aliphatic carbocycles. The summed E-state index contributed by atoms with van der Waals surface area (Å²) >= 11 is 0. The normalized spacial score (nSPS) is 18.4. The Morgan fingerprint density at radius 1 is 1.38 bits per heavy atom. The van der Waals surface area contributed by atoms with Crippen molar-refractivity contribution in [3.05, 3.63) is 35.4 Å². The molecule has 0 aromatic heterocycles. The third kappa shape index (κ3) is 3.97. The van der Waals surface area contributed by atoms with Crippen LogP contribution < -0.4 is 10.6 Å². The van der Waals surface area contributed by atoms with Gasteiger partial charge in [0.1, 0.15) is 0 Å². The van der Waals surface area contributed by atoms with Crippen LogP contribution in [0.25, 0.3) is 0 Å². The van der Waals surface area contributed by atoms with E-state index < -0.39 is 0 Å². The van der Waals surface area contributed by atoms with Crippen molar-refractivity contribution in [1.82, 2.24) is 10.6 Å². The highest BCUT2D eigenvalue weighted by atomic mass is 16.3. The molecule has 0 radical (unpaired) electrons. The summed E-state index contributed by atoms with van der Waals surface area (Å²) in [5.41, 5.74) is 2.67. The Bertz CT molecular complexity index is 494. The summed E-state index contributed by atoms with van der Waals surface area (Å²) in [6, 6.07) is 8.19. The maximum atomic E-state index is 12.0. The van der Waals surface area contributed by atoms with Gasteiger partial charge in [0.25, 0.3) is 0 Å². The van der Waals surface area contributed by atoms with Gasteiger partial charge in [-0.1, -0.05) is 45.0 Å². The summed E-state index contributed by atoms with van der Waals surface area (Å²) in [6.07, 6.45) is 1.61. The van der Waals surface area contributed by atoms with Crippen LogP contribution >= 0.6 is 0 Å². The molecule has 4 heteroatoms. The van der Waals surface area contributed by atoms with Gasteiger partial charge >= 0.3 is 6.03 Å². The summed E-state index contributed by atoms with van der Waals surface area (Å²) in [5.74, 6) is 0.429. The van der Waals surface area contributed by atoms with Crippen molar-refractivity contribution in [1.29, 1.82) is 0 Å². The smallest absolute Gasteiger partial charge is 0.315 e. The van der Waals surface area contributed by atoms with Gasteiger partial charge < -0.3 is 15.7 Å². The highest BCUT2D eigenvalue weighted by Gasteiger charge is 2.28. The molecule has 2 amide bonds. The van der Waals surface area contributed by atoms with Crippen LogP contribution in [-0.4, -0.2) is 30.3 Å². The SMILES string of the molecule is CC(C)(C)[C@H](CCO)NC(=O)NC[C@@H]1Cc2ccccc21. The molecule has 2 atom stereocenters. The van der Waals surface area contributed by atoms with Crippen LogP contribution in [0.5, 0.6) is 0 Å². The van der Waals surface area contributed by atoms with Gasteiger partial charge in [0, 0.05) is 25.1 Å². The molecule has 0 spiro atoms. The number of hydrogen-bond donors (Lipinski definition) is 3. The molecule has 1 aliphatic rings. The first-order valence-electron chi connectivity index (χ1n) is 7.65. The molecular formula is C17H26N2O2. The Balaban J connectivity index is 1.80. The molecule has 1 aromatic rings. The van der Waals surface area contributed by atoms with E-state index in [0.717, 1.165) is 6.42 Å². The van der Waals surface area contributed by atoms with Gasteiger partial charge in [0.05, 0.1) is 0 Å². The highest BCUT2D eigenvalue weighted by molar-refractivity contribution is 5.74. The summed E-state index contributed by atoms with van der Waals surface area (Å²) in [5, 5.41) is 15.0. The largest absolute Gasteiger partial charge is 0.396 e. The molecule has 2 rings (SSSR count). The lowest BCUT2D eigenvalue weighted by atomic mass is 9.78. The zero-order valence-corrected chi connectivity index (χ0v) is 13.1. The zero-order valence-electron chi connectivity index (χ0n) is 13.1. The van der Waals surface area contributed by atoms with Crippen LogP contribution in [-0.2, 0) is 6.42 Å². The van der Waals surface area contributed by atoms with Crippen molar-refractivity contribution in [2.24, 2.45) is 5.41 Å². The number of rotatable bonds is 5. The predicted octanol–water partition coefficient (Wildman–Crippen LogP) is 2.42. The van der Waals surface area contributed by atoms with Gasteiger partial charge in [-0.05, 0) is 29.4 Å². The third-order valence-corrected chi connectivity index (χ3v) is 4.24. The van der Waals surface area contributed by atoms with Gasteiger partial charge in [-0.3, -0.25) is 0 Å². The molecule has 0 fully saturated rings. The minimum Gasteiger partial charge on any atom is -0.396 e. The van der Waals surface area contributed by atoms with Gasteiger partial charge in [-0.25, -0.2) is 4.79 Å². The Hall–Kier alpha value is -1.55. The Kier molecular flexibility index (Phi) is 4.88. The fourth-order valence-corrected chi connectivity index (χ4v) is 2.82. The molecule has 0 saturated carbocycles. The van der Waals surface area contributed by atoms with Crippen LogP contribution in [0, 0.1) is 5.41 Å². The van der Waals surface area contributed by atoms with Gasteiger partial charge in [0.15, 0.2) is 0 Å². The molecule has 21 heavy (non-hydrogen) atoms. The molecule has 116 valence electrons. The number of urea groups is 1.